The summed E-state index contributed by atoms with van der Waals surface area (Å²) in [6, 6.07) is 14.6. The molecule has 1 heterocycles. The van der Waals surface area contributed by atoms with Gasteiger partial charge in [-0.25, -0.2) is 4.98 Å². The Bertz CT molecular complexity index is 859. The molecule has 0 amide bonds. The summed E-state index contributed by atoms with van der Waals surface area (Å²) in [7, 11) is 0. The number of para-hydroxylation sites is 1. The fraction of sp³-hybridized carbons (Fsp3) is 0.409. The highest BCUT2D eigenvalue weighted by Gasteiger charge is 2.15. The van der Waals surface area contributed by atoms with Crippen molar-refractivity contribution in [3.8, 4) is 0 Å². The molecule has 0 aliphatic heterocycles. The minimum atomic E-state index is 0.399. The topological polar surface area (TPSA) is 38.9 Å². The molecule has 1 atom stereocenters. The number of nitrogens with two attached hydrogens (primary N) is 1. The molecular weight excluding hydrogens is 292 g/mol. The molecule has 0 spiro atoms. The van der Waals surface area contributed by atoms with Crippen LogP contribution in [0.5, 0.6) is 0 Å². The van der Waals surface area contributed by atoms with Crippen LogP contribution in [-0.2, 0) is 6.42 Å². The van der Waals surface area contributed by atoms with E-state index in [0.717, 1.165) is 39.8 Å². The number of aryl methyl sites for hydroxylation is 1. The zero-order valence-corrected chi connectivity index (χ0v) is 15.3. The second-order valence-corrected chi connectivity index (χ2v) is 8.30. The van der Waals surface area contributed by atoms with Crippen molar-refractivity contribution in [2.24, 2.45) is 11.3 Å². The number of benzene rings is 2. The van der Waals surface area contributed by atoms with Crippen LogP contribution in [0, 0.1) is 11.3 Å². The SMILES string of the molecule is C[C@@H](CCc1ccc2nc3ccccc3c(N)c2c1)CC(C)(C)C. The Balaban J connectivity index is 1.86. The minimum absolute atomic E-state index is 0.399. The maximum atomic E-state index is 6.42. The molecule has 2 N–H and O–H groups in total. The standard InChI is InChI=1S/C22H28N2/c1-15(14-22(2,3)4)9-10-16-11-12-20-18(13-16)21(23)17-7-5-6-8-19(17)24-20/h5-8,11-13,15H,9-10,14H2,1-4H3,(H2,23,24)/t15-/m0/s1. The van der Waals surface area contributed by atoms with Crippen molar-refractivity contribution in [3.63, 3.8) is 0 Å². The molecule has 126 valence electrons. The summed E-state index contributed by atoms with van der Waals surface area (Å²) < 4.78 is 0. The van der Waals surface area contributed by atoms with Crippen molar-refractivity contribution >= 4 is 27.5 Å². The van der Waals surface area contributed by atoms with Crippen molar-refractivity contribution in [1.29, 1.82) is 0 Å². The number of hydrogen-bond acceptors (Lipinski definition) is 2. The van der Waals surface area contributed by atoms with Crippen LogP contribution in [0.25, 0.3) is 21.8 Å². The second-order valence-electron chi connectivity index (χ2n) is 8.30. The molecule has 0 radical (unpaired) electrons. The van der Waals surface area contributed by atoms with Crippen molar-refractivity contribution in [1.82, 2.24) is 4.98 Å². The number of hydrogen-bond donors (Lipinski definition) is 1. The van der Waals surface area contributed by atoms with E-state index in [1.807, 2.05) is 18.2 Å². The third-order valence-electron chi connectivity index (χ3n) is 4.67. The number of rotatable bonds is 4. The summed E-state index contributed by atoms with van der Waals surface area (Å²) in [6.07, 6.45) is 3.57. The van der Waals surface area contributed by atoms with E-state index in [4.69, 9.17) is 10.7 Å². The zero-order valence-electron chi connectivity index (χ0n) is 15.3. The Kier molecular flexibility index (Phi) is 4.49. The Labute approximate surface area is 145 Å². The largest absolute Gasteiger partial charge is 0.398 e. The number of fused-ring (bicyclic) bond motifs is 2. The van der Waals surface area contributed by atoms with Gasteiger partial charge in [0.05, 0.1) is 16.7 Å². The van der Waals surface area contributed by atoms with Gasteiger partial charge in [-0.05, 0) is 54.4 Å². The Hall–Kier alpha value is -2.09. The average Bonchev–Trinajstić information content (AvgIpc) is 2.52. The van der Waals surface area contributed by atoms with Crippen LogP contribution in [0.1, 0.15) is 46.1 Å². The van der Waals surface area contributed by atoms with E-state index < -0.39 is 0 Å². The molecule has 0 saturated carbocycles. The fourth-order valence-corrected chi connectivity index (χ4v) is 3.69. The Morgan fingerprint density at radius 1 is 1.00 bits per heavy atom. The van der Waals surface area contributed by atoms with Gasteiger partial charge < -0.3 is 5.73 Å². The molecule has 0 unspecified atom stereocenters. The first kappa shape index (κ1) is 16.8. The molecule has 24 heavy (non-hydrogen) atoms. The number of pyridine rings is 1. The molecule has 2 nitrogen and oxygen atoms in total. The lowest BCUT2D eigenvalue weighted by molar-refractivity contribution is 0.297. The second kappa shape index (κ2) is 6.43. The van der Waals surface area contributed by atoms with Gasteiger partial charge in [-0.1, -0.05) is 52.0 Å². The first-order valence-corrected chi connectivity index (χ1v) is 8.90. The quantitative estimate of drug-likeness (QED) is 0.601. The number of anilines is 1. The van der Waals surface area contributed by atoms with Gasteiger partial charge in [0.15, 0.2) is 0 Å². The number of nitrogens with zero attached hydrogens (tertiary/aromatic N) is 1. The predicted octanol–water partition coefficient (Wildman–Crippen LogP) is 5.98. The summed E-state index contributed by atoms with van der Waals surface area (Å²) >= 11 is 0. The van der Waals surface area contributed by atoms with Gasteiger partial charge in [-0.15, -0.1) is 0 Å². The molecule has 3 aromatic rings. The van der Waals surface area contributed by atoms with Gasteiger partial charge in [0.2, 0.25) is 0 Å². The predicted molar refractivity (Wildman–Crippen MR) is 105 cm³/mol. The Morgan fingerprint density at radius 3 is 2.46 bits per heavy atom. The van der Waals surface area contributed by atoms with Gasteiger partial charge in [0, 0.05) is 10.8 Å². The van der Waals surface area contributed by atoms with Gasteiger partial charge in [0.1, 0.15) is 0 Å². The molecular formula is C22H28N2. The molecule has 0 bridgehead atoms. The number of nitrogen functional groups attached to an aromatic ring is 1. The van der Waals surface area contributed by atoms with Gasteiger partial charge in [0.25, 0.3) is 0 Å². The highest BCUT2D eigenvalue weighted by atomic mass is 14.7. The molecule has 3 rings (SSSR count). The lowest BCUT2D eigenvalue weighted by atomic mass is 9.83. The maximum absolute atomic E-state index is 6.42. The summed E-state index contributed by atoms with van der Waals surface area (Å²) in [6.45, 7) is 9.31. The smallest absolute Gasteiger partial charge is 0.0730 e. The van der Waals surface area contributed by atoms with Gasteiger partial charge in [-0.2, -0.15) is 0 Å². The van der Waals surface area contributed by atoms with Gasteiger partial charge in [-0.3, -0.25) is 0 Å². The van der Waals surface area contributed by atoms with E-state index in [-0.39, 0.29) is 0 Å². The van der Waals surface area contributed by atoms with Crippen LogP contribution in [0.15, 0.2) is 42.5 Å². The molecule has 2 heteroatoms. The molecule has 0 fully saturated rings. The van der Waals surface area contributed by atoms with E-state index in [1.54, 1.807) is 0 Å². The average molecular weight is 320 g/mol. The summed E-state index contributed by atoms with van der Waals surface area (Å²) in [4.78, 5) is 4.74. The van der Waals surface area contributed by atoms with Crippen LogP contribution >= 0.6 is 0 Å². The molecule has 0 aliphatic rings. The van der Waals surface area contributed by atoms with Crippen molar-refractivity contribution in [2.45, 2.75) is 47.0 Å². The summed E-state index contributed by atoms with van der Waals surface area (Å²) in [5, 5.41) is 2.12. The van der Waals surface area contributed by atoms with Crippen LogP contribution in [0.2, 0.25) is 0 Å². The molecule has 2 aromatic carbocycles. The maximum Gasteiger partial charge on any atom is 0.0730 e. The third-order valence-corrected chi connectivity index (χ3v) is 4.67. The minimum Gasteiger partial charge on any atom is -0.398 e. The van der Waals surface area contributed by atoms with Crippen molar-refractivity contribution in [2.75, 3.05) is 5.73 Å². The lowest BCUT2D eigenvalue weighted by Crippen LogP contribution is -2.11. The number of aromatic nitrogens is 1. The molecule has 0 saturated heterocycles. The summed E-state index contributed by atoms with van der Waals surface area (Å²) in [5.41, 5.74) is 11.0. The first-order chi connectivity index (χ1) is 11.3. The van der Waals surface area contributed by atoms with Crippen molar-refractivity contribution in [3.05, 3.63) is 48.0 Å². The van der Waals surface area contributed by atoms with Crippen molar-refractivity contribution < 1.29 is 0 Å². The van der Waals surface area contributed by atoms with Crippen LogP contribution in [0.3, 0.4) is 0 Å². The molecule has 0 aliphatic carbocycles. The highest BCUT2D eigenvalue weighted by Crippen LogP contribution is 2.30. The van der Waals surface area contributed by atoms with E-state index in [1.165, 1.54) is 18.4 Å². The zero-order chi connectivity index (χ0) is 17.3. The van der Waals surface area contributed by atoms with E-state index in [9.17, 15) is 0 Å². The molecule has 1 aromatic heterocycles. The van der Waals surface area contributed by atoms with Crippen LogP contribution in [-0.4, -0.2) is 4.98 Å². The van der Waals surface area contributed by atoms with Crippen LogP contribution < -0.4 is 5.73 Å². The monoisotopic (exact) mass is 320 g/mol. The summed E-state index contributed by atoms with van der Waals surface area (Å²) in [5.74, 6) is 0.729. The van der Waals surface area contributed by atoms with E-state index in [2.05, 4.69) is 52.0 Å². The lowest BCUT2D eigenvalue weighted by Gasteiger charge is -2.23. The van der Waals surface area contributed by atoms with Crippen LogP contribution in [0.4, 0.5) is 5.69 Å². The Morgan fingerprint density at radius 2 is 1.71 bits per heavy atom. The fourth-order valence-electron chi connectivity index (χ4n) is 3.69. The van der Waals surface area contributed by atoms with Gasteiger partial charge >= 0.3 is 0 Å². The third kappa shape index (κ3) is 3.69. The van der Waals surface area contributed by atoms with E-state index >= 15 is 0 Å². The first-order valence-electron chi connectivity index (χ1n) is 8.90. The highest BCUT2D eigenvalue weighted by molar-refractivity contribution is 6.06. The van der Waals surface area contributed by atoms with E-state index in [0.29, 0.717) is 5.41 Å². The normalized spacial score (nSPS) is 13.5.